The van der Waals surface area contributed by atoms with Gasteiger partial charge in [-0.3, -0.25) is 19.9 Å². The van der Waals surface area contributed by atoms with Gasteiger partial charge in [-0.1, -0.05) is 49.2 Å². The molecule has 49 heavy (non-hydrogen) atoms. The number of hydroxylamine groups is 1. The van der Waals surface area contributed by atoms with Gasteiger partial charge in [-0.25, -0.2) is 9.18 Å². The summed E-state index contributed by atoms with van der Waals surface area (Å²) in [5, 5.41) is 20.6. The molecule has 0 saturated heterocycles. The van der Waals surface area contributed by atoms with Crippen LogP contribution < -0.4 is 21.4 Å². The first-order valence-corrected chi connectivity index (χ1v) is 16.0. The number of aromatic nitrogens is 2. The molecule has 3 atom stereocenters. The number of rotatable bonds is 7. The van der Waals surface area contributed by atoms with Crippen molar-refractivity contribution in [3.8, 4) is 11.1 Å². The van der Waals surface area contributed by atoms with E-state index in [4.69, 9.17) is 21.0 Å². The molecule has 4 heterocycles. The molecule has 4 aromatic rings. The second-order valence-corrected chi connectivity index (χ2v) is 12.1. The topological polar surface area (TPSA) is 172 Å². The van der Waals surface area contributed by atoms with Crippen molar-refractivity contribution in [1.82, 2.24) is 20.9 Å². The van der Waals surface area contributed by atoms with Crippen molar-refractivity contribution in [2.45, 2.75) is 45.7 Å². The molecule has 15 heteroatoms. The van der Waals surface area contributed by atoms with Gasteiger partial charge in [-0.15, -0.1) is 10.6 Å². The molecule has 0 spiro atoms. The van der Waals surface area contributed by atoms with Crippen molar-refractivity contribution in [3.63, 3.8) is 0 Å². The fraction of sp³-hybridized carbons (Fsp3) is 0.265. The van der Waals surface area contributed by atoms with Crippen molar-refractivity contribution in [2.24, 2.45) is 22.0 Å². The van der Waals surface area contributed by atoms with Gasteiger partial charge < -0.3 is 20.0 Å². The number of halogens is 2. The average Bonchev–Trinajstić information content (AvgIpc) is 3.75. The van der Waals surface area contributed by atoms with Crippen molar-refractivity contribution in [1.29, 1.82) is 0 Å². The maximum Gasteiger partial charge on any atom is 0.430 e. The Balaban J connectivity index is 1.21. The highest BCUT2D eigenvalue weighted by molar-refractivity contribution is 6.45. The Morgan fingerprint density at radius 3 is 2.76 bits per heavy atom. The zero-order valence-corrected chi connectivity index (χ0v) is 27.3. The summed E-state index contributed by atoms with van der Waals surface area (Å²) in [5.74, 6) is -2.22. The van der Waals surface area contributed by atoms with E-state index < -0.39 is 29.8 Å². The number of fused-ring (bicyclic) bond motifs is 4. The second kappa shape index (κ2) is 14.7. The molecule has 13 nitrogen and oxygen atoms in total. The van der Waals surface area contributed by atoms with Gasteiger partial charge in [-0.2, -0.15) is 5.10 Å². The number of pyridine rings is 1. The van der Waals surface area contributed by atoms with Crippen molar-refractivity contribution in [2.75, 3.05) is 10.6 Å². The number of hydrogen-bond acceptors (Lipinski definition) is 10. The van der Waals surface area contributed by atoms with Gasteiger partial charge >= 0.3 is 6.09 Å². The zero-order valence-electron chi connectivity index (χ0n) is 26.5. The van der Waals surface area contributed by atoms with E-state index in [-0.39, 0.29) is 34.7 Å². The van der Waals surface area contributed by atoms with Crippen LogP contribution in [-0.2, 0) is 21.0 Å². The van der Waals surface area contributed by atoms with E-state index in [1.165, 1.54) is 12.3 Å². The molecule has 2 aromatic heterocycles. The number of nitrogens with one attached hydrogen (secondary N) is 4. The van der Waals surface area contributed by atoms with E-state index >= 15 is 0 Å². The highest BCUT2D eigenvalue weighted by Crippen LogP contribution is 2.34. The smallest absolute Gasteiger partial charge is 0.364 e. The normalized spacial score (nSPS) is 18.9. The third-order valence-corrected chi connectivity index (χ3v) is 8.60. The minimum atomic E-state index is -0.766. The van der Waals surface area contributed by atoms with E-state index in [0.717, 1.165) is 5.56 Å². The Bertz CT molecular complexity index is 1950. The van der Waals surface area contributed by atoms with Crippen LogP contribution in [-0.4, -0.2) is 39.5 Å². The molecular formula is C34H32ClFN8O5. The predicted molar refractivity (Wildman–Crippen MR) is 180 cm³/mol. The Labute approximate surface area is 285 Å². The lowest BCUT2D eigenvalue weighted by atomic mass is 9.93. The van der Waals surface area contributed by atoms with Crippen LogP contribution in [0.1, 0.15) is 56.1 Å². The third-order valence-electron chi connectivity index (χ3n) is 8.31. The van der Waals surface area contributed by atoms with Gasteiger partial charge in [0.2, 0.25) is 5.91 Å². The highest BCUT2D eigenvalue weighted by Gasteiger charge is 2.33. The predicted octanol–water partition coefficient (Wildman–Crippen LogP) is 6.19. The van der Waals surface area contributed by atoms with Gasteiger partial charge in [0.25, 0.3) is 5.91 Å². The summed E-state index contributed by atoms with van der Waals surface area (Å²) in [4.78, 5) is 48.9. The van der Waals surface area contributed by atoms with Crippen LogP contribution in [0.2, 0.25) is 5.02 Å². The van der Waals surface area contributed by atoms with Gasteiger partial charge in [0.1, 0.15) is 17.7 Å². The van der Waals surface area contributed by atoms with Crippen LogP contribution in [0.15, 0.2) is 81.8 Å². The van der Waals surface area contributed by atoms with E-state index in [2.05, 4.69) is 41.8 Å². The summed E-state index contributed by atoms with van der Waals surface area (Å²) < 4.78 is 19.5. The second-order valence-electron chi connectivity index (χ2n) is 11.7. The van der Waals surface area contributed by atoms with E-state index in [9.17, 15) is 18.8 Å². The third kappa shape index (κ3) is 7.66. The summed E-state index contributed by atoms with van der Waals surface area (Å²) >= 11 is 5.98. The Morgan fingerprint density at radius 1 is 1.08 bits per heavy atom. The average molecular weight is 687 g/mol. The molecule has 2 bridgehead atoms. The van der Waals surface area contributed by atoms with Gasteiger partial charge in [0.05, 0.1) is 40.6 Å². The number of hydrogen-bond donors (Lipinski definition) is 4. The fourth-order valence-electron chi connectivity index (χ4n) is 5.61. The van der Waals surface area contributed by atoms with Gasteiger partial charge in [0.15, 0.2) is 5.82 Å². The molecule has 6 rings (SSSR count). The van der Waals surface area contributed by atoms with E-state index in [1.54, 1.807) is 55.6 Å². The first-order valence-electron chi connectivity index (χ1n) is 15.6. The lowest BCUT2D eigenvalue weighted by Crippen LogP contribution is -2.38. The number of carbonyl (C=O) groups excluding carboxylic acids is 3. The molecule has 1 unspecified atom stereocenters. The summed E-state index contributed by atoms with van der Waals surface area (Å²) in [6.45, 7) is 3.72. The molecule has 2 aromatic carbocycles. The molecule has 3 amide bonds. The van der Waals surface area contributed by atoms with Crippen LogP contribution in [0.25, 0.3) is 11.1 Å². The summed E-state index contributed by atoms with van der Waals surface area (Å²) in [5.41, 5.74) is 6.56. The van der Waals surface area contributed by atoms with Crippen LogP contribution >= 0.6 is 11.6 Å². The largest absolute Gasteiger partial charge is 0.430 e. The Morgan fingerprint density at radius 2 is 1.94 bits per heavy atom. The van der Waals surface area contributed by atoms with Gasteiger partial charge in [0, 0.05) is 35.0 Å². The summed E-state index contributed by atoms with van der Waals surface area (Å²) in [7, 11) is 0. The molecular weight excluding hydrogens is 655 g/mol. The quantitative estimate of drug-likeness (QED) is 0.167. The molecule has 252 valence electrons. The SMILES string of the molecule is CC1C(C(=O)N[C@H]2CCC[C@@H](C)C(=O)Nc3cc(NC(=O)ONCc4ccon4)ccc3-c3ccnc2c3)=NN=C1c1cccc(Cl)c1F. The maximum atomic E-state index is 14.8. The van der Waals surface area contributed by atoms with Crippen molar-refractivity contribution >= 4 is 52.3 Å². The molecule has 2 aliphatic heterocycles. The summed E-state index contributed by atoms with van der Waals surface area (Å²) in [6.07, 6.45) is 3.91. The maximum absolute atomic E-state index is 14.8. The van der Waals surface area contributed by atoms with Crippen LogP contribution in [0.3, 0.4) is 0 Å². The van der Waals surface area contributed by atoms with Crippen molar-refractivity contribution < 1.29 is 28.1 Å². The standard InChI is InChI=1S/C34H32ClFN8O5/c1-18-5-3-8-26(40-33(46)31-19(2)30(42-43-31)24-6-4-7-25(35)29(24)36)28-15-20(11-13-37-28)23-10-9-21(16-27(23)41-32(18)45)39-34(47)49-38-17-22-12-14-48-44-22/h4,6-7,9-16,18-19,26,38H,3,5,8,17H2,1-2H3,(H,39,47)(H,40,46)(H,41,45)/t18-,19?,26+/m1/s1. The molecule has 0 radical (unpaired) electrons. The van der Waals surface area contributed by atoms with E-state index in [1.807, 2.05) is 13.0 Å². The molecule has 2 aliphatic rings. The fourth-order valence-corrected chi connectivity index (χ4v) is 5.79. The lowest BCUT2D eigenvalue weighted by molar-refractivity contribution is -0.119. The number of carbonyl (C=O) groups is 3. The zero-order chi connectivity index (χ0) is 34.5. The Hall–Kier alpha value is -5.47. The van der Waals surface area contributed by atoms with Crippen LogP contribution in [0.5, 0.6) is 0 Å². The van der Waals surface area contributed by atoms with Crippen molar-refractivity contribution in [3.05, 3.63) is 94.8 Å². The monoisotopic (exact) mass is 686 g/mol. The molecule has 0 saturated carbocycles. The number of anilines is 2. The minimum Gasteiger partial charge on any atom is -0.364 e. The van der Waals surface area contributed by atoms with Crippen LogP contribution in [0.4, 0.5) is 20.6 Å². The first kappa shape index (κ1) is 33.4. The first-order chi connectivity index (χ1) is 23.7. The number of amides is 3. The van der Waals surface area contributed by atoms with Gasteiger partial charge in [-0.05, 0) is 54.8 Å². The molecule has 4 N–H and O–H groups in total. The summed E-state index contributed by atoms with van der Waals surface area (Å²) in [6, 6.07) is 14.4. The van der Waals surface area contributed by atoms with E-state index in [0.29, 0.717) is 53.3 Å². The van der Waals surface area contributed by atoms with Crippen LogP contribution in [0, 0.1) is 17.7 Å². The lowest BCUT2D eigenvalue weighted by Gasteiger charge is -2.23. The number of benzene rings is 2. The molecule has 0 aliphatic carbocycles. The Kier molecular flexibility index (Phi) is 10.1. The number of nitrogens with zero attached hydrogens (tertiary/aromatic N) is 4. The molecule has 0 fully saturated rings. The highest BCUT2D eigenvalue weighted by atomic mass is 35.5. The minimum absolute atomic E-state index is 0.0449.